The number of anilines is 1. The van der Waals surface area contributed by atoms with Gasteiger partial charge in [0.1, 0.15) is 0 Å². The molecule has 0 radical (unpaired) electrons. The van der Waals surface area contributed by atoms with E-state index < -0.39 is 0 Å². The number of amides is 1. The Morgan fingerprint density at radius 3 is 3.00 bits per heavy atom. The molecule has 1 aliphatic heterocycles. The number of hydrogen-bond donors (Lipinski definition) is 1. The fourth-order valence-electron chi connectivity index (χ4n) is 2.26. The van der Waals surface area contributed by atoms with Crippen LogP contribution in [0.5, 0.6) is 0 Å². The van der Waals surface area contributed by atoms with E-state index in [2.05, 4.69) is 11.4 Å². The van der Waals surface area contributed by atoms with Crippen molar-refractivity contribution in [1.82, 2.24) is 0 Å². The predicted octanol–water partition coefficient (Wildman–Crippen LogP) is 2.46. The summed E-state index contributed by atoms with van der Waals surface area (Å²) in [7, 11) is 0. The Morgan fingerprint density at radius 2 is 2.21 bits per heavy atom. The zero-order valence-corrected chi connectivity index (χ0v) is 11.2. The maximum absolute atomic E-state index is 11.3. The lowest BCUT2D eigenvalue weighted by Crippen LogP contribution is -2.18. The molecule has 4 heteroatoms. The van der Waals surface area contributed by atoms with Gasteiger partial charge in [0.25, 0.3) is 0 Å². The molecule has 0 aromatic heterocycles. The van der Waals surface area contributed by atoms with Crippen LogP contribution < -0.4 is 5.32 Å². The van der Waals surface area contributed by atoms with Crippen LogP contribution in [0, 0.1) is 0 Å². The summed E-state index contributed by atoms with van der Waals surface area (Å²) in [5.41, 5.74) is 3.32. The van der Waals surface area contributed by atoms with Crippen LogP contribution in [0.25, 0.3) is 0 Å². The van der Waals surface area contributed by atoms with Gasteiger partial charge in [-0.1, -0.05) is 12.1 Å². The first-order chi connectivity index (χ1) is 9.19. The minimum Gasteiger partial charge on any atom is -0.466 e. The van der Waals surface area contributed by atoms with Crippen LogP contribution in [0.1, 0.15) is 37.3 Å². The van der Waals surface area contributed by atoms with Crippen LogP contribution in [-0.4, -0.2) is 18.5 Å². The molecular formula is C15H19NO3. The SMILES string of the molecule is CCOC(=O)CCCc1ccc2c(c1)CCC(=O)N2. The van der Waals surface area contributed by atoms with Crippen molar-refractivity contribution in [2.75, 3.05) is 11.9 Å². The fourth-order valence-corrected chi connectivity index (χ4v) is 2.26. The van der Waals surface area contributed by atoms with E-state index in [0.29, 0.717) is 19.4 Å². The van der Waals surface area contributed by atoms with Crippen molar-refractivity contribution in [2.45, 2.75) is 39.0 Å². The first-order valence-corrected chi connectivity index (χ1v) is 6.76. The van der Waals surface area contributed by atoms with Crippen LogP contribution >= 0.6 is 0 Å². The number of carbonyl (C=O) groups excluding carboxylic acids is 2. The molecular weight excluding hydrogens is 242 g/mol. The van der Waals surface area contributed by atoms with Gasteiger partial charge >= 0.3 is 5.97 Å². The second-order valence-corrected chi connectivity index (χ2v) is 4.70. The molecule has 4 nitrogen and oxygen atoms in total. The molecule has 19 heavy (non-hydrogen) atoms. The number of carbonyl (C=O) groups is 2. The third-order valence-corrected chi connectivity index (χ3v) is 3.22. The Kier molecular flexibility index (Phi) is 4.55. The van der Waals surface area contributed by atoms with Gasteiger partial charge in [0.15, 0.2) is 0 Å². The van der Waals surface area contributed by atoms with Gasteiger partial charge in [0.2, 0.25) is 5.91 Å². The molecule has 0 atom stereocenters. The van der Waals surface area contributed by atoms with Crippen molar-refractivity contribution in [3.8, 4) is 0 Å². The van der Waals surface area contributed by atoms with Crippen LogP contribution in [0.3, 0.4) is 0 Å². The van der Waals surface area contributed by atoms with Gasteiger partial charge in [0.05, 0.1) is 6.61 Å². The molecule has 1 aromatic rings. The van der Waals surface area contributed by atoms with Crippen molar-refractivity contribution < 1.29 is 14.3 Å². The molecule has 2 rings (SSSR count). The number of ether oxygens (including phenoxy) is 1. The van der Waals surface area contributed by atoms with Gasteiger partial charge in [-0.2, -0.15) is 0 Å². The summed E-state index contributed by atoms with van der Waals surface area (Å²) in [6, 6.07) is 6.08. The van der Waals surface area contributed by atoms with E-state index in [9.17, 15) is 9.59 Å². The van der Waals surface area contributed by atoms with Crippen LogP contribution in [-0.2, 0) is 27.2 Å². The molecule has 0 aliphatic carbocycles. The topological polar surface area (TPSA) is 55.4 Å². The van der Waals surface area contributed by atoms with Gasteiger partial charge < -0.3 is 10.1 Å². The molecule has 1 amide bonds. The van der Waals surface area contributed by atoms with E-state index in [4.69, 9.17) is 4.74 Å². The van der Waals surface area contributed by atoms with Gasteiger partial charge in [-0.15, -0.1) is 0 Å². The molecule has 1 heterocycles. The average molecular weight is 261 g/mol. The summed E-state index contributed by atoms with van der Waals surface area (Å²) in [5, 5.41) is 2.87. The molecule has 1 aromatic carbocycles. The predicted molar refractivity (Wildman–Crippen MR) is 73.0 cm³/mol. The zero-order valence-electron chi connectivity index (χ0n) is 11.2. The molecule has 0 saturated carbocycles. The van der Waals surface area contributed by atoms with Crippen molar-refractivity contribution in [1.29, 1.82) is 0 Å². The average Bonchev–Trinajstić information content (AvgIpc) is 2.39. The molecule has 0 unspecified atom stereocenters. The fraction of sp³-hybridized carbons (Fsp3) is 0.467. The maximum atomic E-state index is 11.3. The van der Waals surface area contributed by atoms with Crippen LogP contribution in [0.15, 0.2) is 18.2 Å². The number of rotatable bonds is 5. The Labute approximate surface area is 113 Å². The van der Waals surface area contributed by atoms with Crippen molar-refractivity contribution in [3.05, 3.63) is 29.3 Å². The standard InChI is InChI=1S/C15H19NO3/c1-2-19-15(18)5-3-4-11-6-8-13-12(10-11)7-9-14(17)16-13/h6,8,10H,2-5,7,9H2,1H3,(H,16,17). The molecule has 102 valence electrons. The molecule has 0 bridgehead atoms. The highest BCUT2D eigenvalue weighted by Gasteiger charge is 2.14. The van der Waals surface area contributed by atoms with E-state index in [0.717, 1.165) is 24.9 Å². The second-order valence-electron chi connectivity index (χ2n) is 4.70. The summed E-state index contributed by atoms with van der Waals surface area (Å²) >= 11 is 0. The highest BCUT2D eigenvalue weighted by Crippen LogP contribution is 2.24. The monoisotopic (exact) mass is 261 g/mol. The van der Waals surface area contributed by atoms with Crippen molar-refractivity contribution in [3.63, 3.8) is 0 Å². The Hall–Kier alpha value is -1.84. The van der Waals surface area contributed by atoms with E-state index >= 15 is 0 Å². The summed E-state index contributed by atoms with van der Waals surface area (Å²) in [6.45, 7) is 2.26. The molecule has 0 saturated heterocycles. The lowest BCUT2D eigenvalue weighted by atomic mass is 9.98. The van der Waals surface area contributed by atoms with E-state index in [-0.39, 0.29) is 11.9 Å². The first-order valence-electron chi connectivity index (χ1n) is 6.76. The summed E-state index contributed by atoms with van der Waals surface area (Å²) in [5.74, 6) is -0.0460. The molecule has 0 spiro atoms. The second kappa shape index (κ2) is 6.36. The van der Waals surface area contributed by atoms with Crippen LogP contribution in [0.4, 0.5) is 5.69 Å². The number of nitrogens with one attached hydrogen (secondary N) is 1. The summed E-state index contributed by atoms with van der Waals surface area (Å²) < 4.78 is 4.90. The number of hydrogen-bond acceptors (Lipinski definition) is 3. The molecule has 1 aliphatic rings. The third kappa shape index (κ3) is 3.81. The highest BCUT2D eigenvalue weighted by molar-refractivity contribution is 5.93. The number of fused-ring (bicyclic) bond motifs is 1. The smallest absolute Gasteiger partial charge is 0.305 e. The third-order valence-electron chi connectivity index (χ3n) is 3.22. The maximum Gasteiger partial charge on any atom is 0.305 e. The number of benzene rings is 1. The Balaban J connectivity index is 1.88. The van der Waals surface area contributed by atoms with Crippen LogP contribution in [0.2, 0.25) is 0 Å². The van der Waals surface area contributed by atoms with E-state index in [1.54, 1.807) is 0 Å². The van der Waals surface area contributed by atoms with E-state index in [1.807, 2.05) is 19.1 Å². The summed E-state index contributed by atoms with van der Waals surface area (Å²) in [6.07, 6.45) is 3.47. The van der Waals surface area contributed by atoms with Gasteiger partial charge in [-0.3, -0.25) is 9.59 Å². The quantitative estimate of drug-likeness (QED) is 0.828. The number of aryl methyl sites for hydroxylation is 2. The minimum atomic E-state index is -0.132. The lowest BCUT2D eigenvalue weighted by Gasteiger charge is -2.17. The molecule has 1 N–H and O–H groups in total. The lowest BCUT2D eigenvalue weighted by molar-refractivity contribution is -0.143. The minimum absolute atomic E-state index is 0.0857. The Morgan fingerprint density at radius 1 is 1.37 bits per heavy atom. The van der Waals surface area contributed by atoms with Crippen molar-refractivity contribution in [2.24, 2.45) is 0 Å². The molecule has 0 fully saturated rings. The first kappa shape index (κ1) is 13.6. The van der Waals surface area contributed by atoms with Gasteiger partial charge in [-0.05, 0) is 43.4 Å². The normalized spacial score (nSPS) is 13.6. The largest absolute Gasteiger partial charge is 0.466 e. The van der Waals surface area contributed by atoms with Gasteiger partial charge in [-0.25, -0.2) is 0 Å². The number of esters is 1. The van der Waals surface area contributed by atoms with Gasteiger partial charge in [0, 0.05) is 18.5 Å². The Bertz CT molecular complexity index is 482. The highest BCUT2D eigenvalue weighted by atomic mass is 16.5. The van der Waals surface area contributed by atoms with Crippen molar-refractivity contribution >= 4 is 17.6 Å². The zero-order chi connectivity index (χ0) is 13.7. The van der Waals surface area contributed by atoms with E-state index in [1.165, 1.54) is 11.1 Å². The summed E-state index contributed by atoms with van der Waals surface area (Å²) in [4.78, 5) is 22.5.